The second kappa shape index (κ2) is 8.96. The van der Waals surface area contributed by atoms with Crippen LogP contribution in [0.5, 0.6) is 0 Å². The number of anilines is 1. The maximum absolute atomic E-state index is 13.4. The molecule has 7 nitrogen and oxygen atoms in total. The smallest absolute Gasteiger partial charge is 0.254 e. The maximum Gasteiger partial charge on any atom is 0.254 e. The predicted octanol–water partition coefficient (Wildman–Crippen LogP) is 4.28. The number of nitrogens with one attached hydrogen (secondary N) is 1. The number of carbonyl (C=O) groups excluding carboxylic acids is 1. The minimum Gasteiger partial charge on any atom is -0.382 e. The fourth-order valence-electron chi connectivity index (χ4n) is 4.98. The van der Waals surface area contributed by atoms with E-state index in [1.165, 1.54) is 0 Å². The number of hydrogen-bond acceptors (Lipinski definition) is 5. The van der Waals surface area contributed by atoms with E-state index in [4.69, 9.17) is 15.7 Å². The maximum atomic E-state index is 13.4. The molecule has 3 heterocycles. The number of nitrogen functional groups attached to an aromatic ring is 1. The summed E-state index contributed by atoms with van der Waals surface area (Å²) in [6.07, 6.45) is 1.86. The van der Waals surface area contributed by atoms with Crippen LogP contribution in [0, 0.1) is 25.2 Å². The number of aromatic amines is 1. The van der Waals surface area contributed by atoms with Gasteiger partial charge in [-0.15, -0.1) is 0 Å². The van der Waals surface area contributed by atoms with Crippen LogP contribution in [0.15, 0.2) is 36.4 Å². The van der Waals surface area contributed by atoms with Crippen LogP contribution in [0.2, 0.25) is 0 Å². The molecule has 2 fully saturated rings. The van der Waals surface area contributed by atoms with E-state index in [0.717, 1.165) is 59.8 Å². The Hall–Kier alpha value is -3.63. The van der Waals surface area contributed by atoms with Crippen LogP contribution in [-0.4, -0.2) is 47.1 Å². The highest BCUT2D eigenvalue weighted by Gasteiger charge is 2.33. The number of rotatable bonds is 4. The lowest BCUT2D eigenvalue weighted by atomic mass is 9.89. The molecule has 2 aliphatic rings. The minimum atomic E-state index is 0.0337. The highest BCUT2D eigenvalue weighted by atomic mass is 16.5. The summed E-state index contributed by atoms with van der Waals surface area (Å²) in [5.41, 5.74) is 12.5. The number of amides is 1. The van der Waals surface area contributed by atoms with E-state index >= 15 is 0 Å². The Bertz CT molecular complexity index is 1260. The summed E-state index contributed by atoms with van der Waals surface area (Å²) in [4.78, 5) is 23.3. The van der Waals surface area contributed by atoms with Crippen molar-refractivity contribution < 1.29 is 9.53 Å². The molecule has 2 aliphatic heterocycles. The fourth-order valence-corrected chi connectivity index (χ4v) is 4.98. The molecule has 5 rings (SSSR count). The number of carbonyl (C=O) groups is 1. The van der Waals surface area contributed by atoms with Crippen molar-refractivity contribution in [1.82, 2.24) is 14.9 Å². The molecule has 1 amide bonds. The molecular weight excluding hydrogens is 426 g/mol. The molecule has 3 N–H and O–H groups in total. The Balaban J connectivity index is 1.36. The Kier molecular flexibility index (Phi) is 5.84. The molecule has 1 aromatic heterocycles. The summed E-state index contributed by atoms with van der Waals surface area (Å²) in [7, 11) is 0. The second-order valence-corrected chi connectivity index (χ2v) is 9.39. The van der Waals surface area contributed by atoms with E-state index in [1.807, 2.05) is 49.1 Å². The Morgan fingerprint density at radius 1 is 1.12 bits per heavy atom. The van der Waals surface area contributed by atoms with Gasteiger partial charge >= 0.3 is 0 Å². The zero-order chi connectivity index (χ0) is 23.8. The molecule has 0 unspecified atom stereocenters. The van der Waals surface area contributed by atoms with E-state index in [-0.39, 0.29) is 5.91 Å². The van der Waals surface area contributed by atoms with Gasteiger partial charge in [0.15, 0.2) is 0 Å². The van der Waals surface area contributed by atoms with Gasteiger partial charge in [0.25, 0.3) is 5.91 Å². The van der Waals surface area contributed by atoms with Crippen LogP contribution < -0.4 is 5.73 Å². The SMILES string of the molecule is Cc1cc(C)c(-c2[nH]c(C3CCOCC3)nc2N)cc1C(=O)N1CC(c2ccc(C#N)cc2)C1. The summed E-state index contributed by atoms with van der Waals surface area (Å²) in [5, 5.41) is 8.99. The largest absolute Gasteiger partial charge is 0.382 e. The number of nitriles is 1. The Labute approximate surface area is 199 Å². The van der Waals surface area contributed by atoms with Crippen molar-refractivity contribution in [2.75, 3.05) is 32.0 Å². The lowest BCUT2D eigenvalue weighted by molar-refractivity contribution is 0.0601. The summed E-state index contributed by atoms with van der Waals surface area (Å²) >= 11 is 0. The third-order valence-corrected chi connectivity index (χ3v) is 7.11. The van der Waals surface area contributed by atoms with Gasteiger partial charge < -0.3 is 20.4 Å². The first kappa shape index (κ1) is 22.2. The van der Waals surface area contributed by atoms with Crippen molar-refractivity contribution in [3.63, 3.8) is 0 Å². The number of H-pyrrole nitrogens is 1. The lowest BCUT2D eigenvalue weighted by Gasteiger charge is -2.40. The first-order valence-corrected chi connectivity index (χ1v) is 11.8. The predicted molar refractivity (Wildman–Crippen MR) is 131 cm³/mol. The average molecular weight is 456 g/mol. The molecular formula is C27H29N5O2. The van der Waals surface area contributed by atoms with Crippen LogP contribution in [0.1, 0.15) is 63.1 Å². The van der Waals surface area contributed by atoms with Crippen molar-refractivity contribution in [2.24, 2.45) is 0 Å². The zero-order valence-electron chi connectivity index (χ0n) is 19.6. The van der Waals surface area contributed by atoms with Gasteiger partial charge in [-0.1, -0.05) is 18.2 Å². The first-order chi connectivity index (χ1) is 16.4. The van der Waals surface area contributed by atoms with E-state index in [0.29, 0.717) is 41.9 Å². The highest BCUT2D eigenvalue weighted by Crippen LogP contribution is 2.35. The van der Waals surface area contributed by atoms with Gasteiger partial charge in [-0.25, -0.2) is 4.98 Å². The molecule has 2 saturated heterocycles. The van der Waals surface area contributed by atoms with Gasteiger partial charge in [-0.2, -0.15) is 5.26 Å². The van der Waals surface area contributed by atoms with Crippen LogP contribution in [0.3, 0.4) is 0 Å². The molecule has 0 spiro atoms. The number of ether oxygens (including phenoxy) is 1. The van der Waals surface area contributed by atoms with Gasteiger partial charge in [-0.05, 0) is 61.6 Å². The molecule has 0 atom stereocenters. The second-order valence-electron chi connectivity index (χ2n) is 9.39. The zero-order valence-corrected chi connectivity index (χ0v) is 19.6. The van der Waals surface area contributed by atoms with Crippen LogP contribution in [0.4, 0.5) is 5.82 Å². The molecule has 34 heavy (non-hydrogen) atoms. The van der Waals surface area contributed by atoms with E-state index in [2.05, 4.69) is 22.1 Å². The number of imidazole rings is 1. The number of aryl methyl sites for hydroxylation is 2. The van der Waals surface area contributed by atoms with E-state index < -0.39 is 0 Å². The third-order valence-electron chi connectivity index (χ3n) is 7.11. The molecule has 0 radical (unpaired) electrons. The van der Waals surface area contributed by atoms with Gasteiger partial charge in [0.2, 0.25) is 0 Å². The number of hydrogen-bond donors (Lipinski definition) is 2. The highest BCUT2D eigenvalue weighted by molar-refractivity contribution is 5.98. The number of aromatic nitrogens is 2. The van der Waals surface area contributed by atoms with E-state index in [1.54, 1.807) is 0 Å². The van der Waals surface area contributed by atoms with Crippen LogP contribution in [-0.2, 0) is 4.74 Å². The quantitative estimate of drug-likeness (QED) is 0.610. The summed E-state index contributed by atoms with van der Waals surface area (Å²) < 4.78 is 5.47. The topological polar surface area (TPSA) is 108 Å². The molecule has 0 saturated carbocycles. The number of nitrogens with two attached hydrogens (primary N) is 1. The number of benzene rings is 2. The average Bonchev–Trinajstić information content (AvgIpc) is 3.20. The van der Waals surface area contributed by atoms with E-state index in [9.17, 15) is 4.79 Å². The van der Waals surface area contributed by atoms with Crippen molar-refractivity contribution in [3.05, 3.63) is 70.0 Å². The van der Waals surface area contributed by atoms with Crippen molar-refractivity contribution in [1.29, 1.82) is 5.26 Å². The molecule has 0 bridgehead atoms. The Morgan fingerprint density at radius 3 is 2.50 bits per heavy atom. The molecule has 7 heteroatoms. The van der Waals surface area contributed by atoms with Gasteiger partial charge in [0.1, 0.15) is 11.6 Å². The van der Waals surface area contributed by atoms with Crippen molar-refractivity contribution >= 4 is 11.7 Å². The van der Waals surface area contributed by atoms with Gasteiger partial charge in [0, 0.05) is 49.3 Å². The summed E-state index contributed by atoms with van der Waals surface area (Å²) in [5.74, 6) is 2.02. The number of nitrogens with zero attached hydrogens (tertiary/aromatic N) is 3. The number of likely N-dealkylation sites (tertiary alicyclic amines) is 1. The summed E-state index contributed by atoms with van der Waals surface area (Å²) in [6, 6.07) is 13.8. The third kappa shape index (κ3) is 4.06. The standard InChI is InChI=1S/C27H29N5O2/c1-16-11-17(2)23(27(33)32-14-21(15-32)19-5-3-18(13-28)4-6-19)12-22(16)24-25(29)31-26(30-24)20-7-9-34-10-8-20/h3-6,11-12,20-21H,7-10,14-15,29H2,1-2H3,(H,30,31). The van der Waals surface area contributed by atoms with Gasteiger partial charge in [-0.3, -0.25) is 4.79 Å². The van der Waals surface area contributed by atoms with Crippen molar-refractivity contribution in [2.45, 2.75) is 38.5 Å². The monoisotopic (exact) mass is 455 g/mol. The van der Waals surface area contributed by atoms with Gasteiger partial charge in [0.05, 0.1) is 17.3 Å². The Morgan fingerprint density at radius 2 is 1.82 bits per heavy atom. The molecule has 0 aliphatic carbocycles. The lowest BCUT2D eigenvalue weighted by Crippen LogP contribution is -2.48. The van der Waals surface area contributed by atoms with Crippen molar-refractivity contribution in [3.8, 4) is 17.3 Å². The minimum absolute atomic E-state index is 0.0337. The van der Waals surface area contributed by atoms with Crippen LogP contribution in [0.25, 0.3) is 11.3 Å². The molecule has 3 aromatic rings. The first-order valence-electron chi connectivity index (χ1n) is 11.8. The fraction of sp³-hybridized carbons (Fsp3) is 0.370. The van der Waals surface area contributed by atoms with Crippen LogP contribution >= 0.6 is 0 Å². The normalized spacial score (nSPS) is 16.8. The molecule has 174 valence electrons. The molecule has 2 aromatic carbocycles. The summed E-state index contributed by atoms with van der Waals surface area (Å²) in [6.45, 7) is 6.84.